The van der Waals surface area contributed by atoms with Gasteiger partial charge in [0, 0.05) is 34.4 Å². The van der Waals surface area contributed by atoms with E-state index in [9.17, 15) is 9.59 Å². The third-order valence-corrected chi connectivity index (χ3v) is 12.5. The zero-order valence-electron chi connectivity index (χ0n) is 29.7. The second-order valence-corrected chi connectivity index (χ2v) is 15.1. The Labute approximate surface area is 290 Å². The van der Waals surface area contributed by atoms with Gasteiger partial charge in [-0.1, -0.05) is 108 Å². The van der Waals surface area contributed by atoms with E-state index < -0.39 is 29.5 Å². The molecule has 6 unspecified atom stereocenters. The third kappa shape index (κ3) is 4.66. The van der Waals surface area contributed by atoms with Crippen molar-refractivity contribution in [3.63, 3.8) is 0 Å². The number of H-pyrrole nitrogens is 1. The van der Waals surface area contributed by atoms with Crippen LogP contribution in [0.25, 0.3) is 10.9 Å². The van der Waals surface area contributed by atoms with Gasteiger partial charge in [0.1, 0.15) is 17.6 Å². The summed E-state index contributed by atoms with van der Waals surface area (Å²) < 4.78 is 20.2. The number of fused-ring (bicyclic) bond motifs is 9. The summed E-state index contributed by atoms with van der Waals surface area (Å²) in [7, 11) is 0. The topological polar surface area (TPSA) is 77.6 Å². The molecule has 3 heterocycles. The number of para-hydroxylation sites is 1. The van der Waals surface area contributed by atoms with Gasteiger partial charge in [0.05, 0.1) is 0 Å². The van der Waals surface area contributed by atoms with Gasteiger partial charge >= 0.3 is 5.97 Å². The van der Waals surface area contributed by atoms with E-state index >= 15 is 0 Å². The summed E-state index contributed by atoms with van der Waals surface area (Å²) in [5.41, 5.74) is 4.74. The van der Waals surface area contributed by atoms with E-state index in [2.05, 4.69) is 56.3 Å². The highest BCUT2D eigenvalue weighted by atomic mass is 16.8. The largest absolute Gasteiger partial charge is 0.461 e. The number of carbonyl (C=O) groups excluding carboxylic acids is 2. The summed E-state index contributed by atoms with van der Waals surface area (Å²) in [5.74, 6) is -2.18. The van der Waals surface area contributed by atoms with Gasteiger partial charge < -0.3 is 19.2 Å². The maximum Gasteiger partial charge on any atom is 0.318 e. The zero-order chi connectivity index (χ0) is 34.9. The van der Waals surface area contributed by atoms with Gasteiger partial charge in [-0.05, 0) is 78.9 Å². The first-order valence-corrected chi connectivity index (χ1v) is 17.9. The van der Waals surface area contributed by atoms with Gasteiger partial charge in [-0.15, -0.1) is 0 Å². The van der Waals surface area contributed by atoms with Crippen LogP contribution in [0.4, 0.5) is 0 Å². The van der Waals surface area contributed by atoms with Crippen LogP contribution >= 0.6 is 0 Å². The van der Waals surface area contributed by atoms with E-state index in [1.54, 1.807) is 18.2 Å². The minimum atomic E-state index is -1.02. The fraction of sp³-hybridized carbons (Fsp3) is 0.442. The molecule has 2 bridgehead atoms. The molecular formula is C43H49NO5. The second-order valence-electron chi connectivity index (χ2n) is 15.1. The van der Waals surface area contributed by atoms with Crippen molar-refractivity contribution in [2.75, 3.05) is 0 Å². The molecule has 3 fully saturated rings. The first-order valence-electron chi connectivity index (χ1n) is 17.9. The Hall–Kier alpha value is -4.00. The van der Waals surface area contributed by atoms with Crippen LogP contribution in [0.5, 0.6) is 0 Å². The number of ketones is 1. The van der Waals surface area contributed by atoms with Gasteiger partial charge in [0.15, 0.2) is 17.7 Å². The molecule has 0 radical (unpaired) electrons. The smallest absolute Gasteiger partial charge is 0.318 e. The Morgan fingerprint density at radius 1 is 1.02 bits per heavy atom. The monoisotopic (exact) mass is 659 g/mol. The van der Waals surface area contributed by atoms with Gasteiger partial charge in [-0.2, -0.15) is 0 Å². The van der Waals surface area contributed by atoms with E-state index in [1.165, 1.54) is 16.6 Å². The summed E-state index contributed by atoms with van der Waals surface area (Å²) in [6.07, 6.45) is 8.82. The van der Waals surface area contributed by atoms with Crippen LogP contribution in [0.1, 0.15) is 83.5 Å². The van der Waals surface area contributed by atoms with Crippen molar-refractivity contribution in [1.29, 1.82) is 0 Å². The van der Waals surface area contributed by atoms with Crippen molar-refractivity contribution in [1.82, 2.24) is 4.98 Å². The molecule has 6 heteroatoms. The third-order valence-electron chi connectivity index (χ3n) is 12.5. The molecule has 6 nitrogen and oxygen atoms in total. The molecule has 2 aromatic carbocycles. The number of hydrogen-bond acceptors (Lipinski definition) is 5. The molecule has 49 heavy (non-hydrogen) atoms. The van der Waals surface area contributed by atoms with E-state index in [1.807, 2.05) is 64.1 Å². The molecule has 1 saturated heterocycles. The van der Waals surface area contributed by atoms with Crippen LogP contribution in [0.3, 0.4) is 0 Å². The standard InChI is InChI=1S/C41H43NO5.C2H6/c1-7-14-24(8-2)33(25-15-10-9-11-16-25)37(44)45-32-22-26-21-28-27-17-12-13-18-30(27)42-35(28)40(26,6)39(5)19-20-41-29(34(32)39)23-31(43)36(46-41)38(3,4)47-41;1-2/h7-18,23,26,32-34,36,42H,1-2,19-22H2,3-6H3;1-2H3/b24-14+;/t26?,32-,33?,34?,36?,39?,40+,41?;/m0./s1. The molecule has 3 aliphatic carbocycles. The molecule has 0 amide bonds. The first kappa shape index (κ1) is 33.5. The normalized spacial score (nSPS) is 34.3. The maximum atomic E-state index is 14.6. The van der Waals surface area contributed by atoms with E-state index in [0.717, 1.165) is 35.1 Å². The summed E-state index contributed by atoms with van der Waals surface area (Å²) in [6, 6.07) is 18.2. The van der Waals surface area contributed by atoms with Crippen molar-refractivity contribution in [3.05, 3.63) is 120 Å². The van der Waals surface area contributed by atoms with Crippen molar-refractivity contribution in [2.24, 2.45) is 17.3 Å². The Balaban J connectivity index is 0.00000186. The van der Waals surface area contributed by atoms with Gasteiger partial charge in [-0.25, -0.2) is 0 Å². The molecule has 3 aromatic rings. The summed E-state index contributed by atoms with van der Waals surface area (Å²) in [4.78, 5) is 32.1. The predicted octanol–water partition coefficient (Wildman–Crippen LogP) is 8.84. The highest BCUT2D eigenvalue weighted by Crippen LogP contribution is 2.70. The molecule has 256 valence electrons. The average molecular weight is 660 g/mol. The summed E-state index contributed by atoms with van der Waals surface area (Å²) in [5, 5.41) is 1.26. The minimum absolute atomic E-state index is 0.0810. The highest BCUT2D eigenvalue weighted by Gasteiger charge is 2.72. The lowest BCUT2D eigenvalue weighted by molar-refractivity contribution is -0.223. The van der Waals surface area contributed by atoms with Gasteiger partial charge in [0.25, 0.3) is 0 Å². The molecule has 2 aliphatic heterocycles. The molecule has 1 N–H and O–H groups in total. The van der Waals surface area contributed by atoms with Gasteiger partial charge in [-0.3, -0.25) is 9.59 Å². The average Bonchev–Trinajstić information content (AvgIpc) is 3.68. The minimum Gasteiger partial charge on any atom is -0.461 e. The van der Waals surface area contributed by atoms with Crippen LogP contribution in [0.2, 0.25) is 0 Å². The van der Waals surface area contributed by atoms with Crippen LogP contribution in [0.15, 0.2) is 103 Å². The second kappa shape index (κ2) is 11.8. The zero-order valence-corrected chi connectivity index (χ0v) is 29.7. The van der Waals surface area contributed by atoms with Gasteiger partial charge in [0.2, 0.25) is 0 Å². The SMILES string of the molecule is C=C/C=C(\C=C)C(C(=O)O[C@H]1CC2Cc3c([nH]c4ccccc34)[C@]2(C)C2(C)CCC34OC(C(=O)C=C3C12)C(C)(C)O4)c1ccccc1.CC. The number of hydrogen-bond donors (Lipinski definition) is 1. The fourth-order valence-corrected chi connectivity index (χ4v) is 10.3. The Morgan fingerprint density at radius 2 is 1.73 bits per heavy atom. The molecule has 2 saturated carbocycles. The van der Waals surface area contributed by atoms with Crippen molar-refractivity contribution in [3.8, 4) is 0 Å². The number of allylic oxidation sites excluding steroid dienone is 3. The Bertz CT molecular complexity index is 1900. The highest BCUT2D eigenvalue weighted by molar-refractivity contribution is 5.97. The molecule has 8 rings (SSSR count). The van der Waals surface area contributed by atoms with Crippen LogP contribution in [-0.4, -0.2) is 40.3 Å². The van der Waals surface area contributed by atoms with E-state index in [0.29, 0.717) is 12.8 Å². The molecule has 1 spiro atoms. The van der Waals surface area contributed by atoms with Crippen LogP contribution in [0, 0.1) is 17.3 Å². The molecule has 5 aliphatic rings. The molecule has 8 atom stereocenters. The van der Waals surface area contributed by atoms with Crippen LogP contribution < -0.4 is 0 Å². The lowest BCUT2D eigenvalue weighted by Crippen LogP contribution is -2.64. The number of nitrogens with one attached hydrogen (secondary N) is 1. The quantitative estimate of drug-likeness (QED) is 0.211. The maximum absolute atomic E-state index is 14.6. The Kier molecular flexibility index (Phi) is 8.07. The van der Waals surface area contributed by atoms with Crippen molar-refractivity contribution in [2.45, 2.75) is 102 Å². The van der Waals surface area contributed by atoms with Crippen LogP contribution in [-0.2, 0) is 35.6 Å². The summed E-state index contributed by atoms with van der Waals surface area (Å²) in [6.45, 7) is 20.5. The molecular weight excluding hydrogens is 610 g/mol. The number of esters is 1. The van der Waals surface area contributed by atoms with E-state index in [4.69, 9.17) is 14.2 Å². The number of benzene rings is 2. The lowest BCUT2D eigenvalue weighted by Gasteiger charge is -2.63. The number of ether oxygens (including phenoxy) is 3. The van der Waals surface area contributed by atoms with E-state index in [-0.39, 0.29) is 34.4 Å². The number of carbonyl (C=O) groups is 2. The first-order chi connectivity index (χ1) is 23.5. The number of rotatable bonds is 6. The Morgan fingerprint density at radius 3 is 2.45 bits per heavy atom. The lowest BCUT2D eigenvalue weighted by atomic mass is 9.43. The molecule has 1 aromatic heterocycles. The van der Waals surface area contributed by atoms with Crippen molar-refractivity contribution < 1.29 is 23.8 Å². The number of aromatic amines is 1. The number of aromatic nitrogens is 1. The van der Waals surface area contributed by atoms with Crippen molar-refractivity contribution >= 4 is 22.7 Å². The summed E-state index contributed by atoms with van der Waals surface area (Å²) >= 11 is 0. The predicted molar refractivity (Wildman–Crippen MR) is 193 cm³/mol. The fourth-order valence-electron chi connectivity index (χ4n) is 10.3.